The molecule has 2 aromatic rings. The summed E-state index contributed by atoms with van der Waals surface area (Å²) in [5.41, 5.74) is 1.57. The molecular formula is C13H10O2. The van der Waals surface area contributed by atoms with Crippen molar-refractivity contribution in [1.82, 2.24) is 0 Å². The van der Waals surface area contributed by atoms with Crippen molar-refractivity contribution < 1.29 is 5.11 Å². The zero-order chi connectivity index (χ0) is 10.7. The van der Waals surface area contributed by atoms with Crippen LogP contribution in [0.15, 0.2) is 59.4 Å². The highest BCUT2D eigenvalue weighted by molar-refractivity contribution is 5.62. The van der Waals surface area contributed by atoms with Gasteiger partial charge in [0.25, 0.3) is 0 Å². The average molecular weight is 198 g/mol. The molecule has 0 radical (unpaired) electrons. The van der Waals surface area contributed by atoms with E-state index in [1.807, 2.05) is 30.3 Å². The third kappa shape index (κ3) is 2.05. The van der Waals surface area contributed by atoms with E-state index in [4.69, 9.17) is 0 Å². The van der Waals surface area contributed by atoms with Crippen LogP contribution in [0.2, 0.25) is 0 Å². The molecule has 0 saturated carbocycles. The molecule has 0 bridgehead atoms. The topological polar surface area (TPSA) is 37.3 Å². The van der Waals surface area contributed by atoms with Crippen molar-refractivity contribution >= 4 is 0 Å². The van der Waals surface area contributed by atoms with E-state index in [9.17, 15) is 9.90 Å². The van der Waals surface area contributed by atoms with Crippen LogP contribution in [0, 0.1) is 0 Å². The minimum absolute atomic E-state index is 0.225. The summed E-state index contributed by atoms with van der Waals surface area (Å²) in [7, 11) is 0. The van der Waals surface area contributed by atoms with Crippen molar-refractivity contribution in [2.24, 2.45) is 0 Å². The molecule has 74 valence electrons. The van der Waals surface area contributed by atoms with E-state index in [1.165, 1.54) is 12.1 Å². The molecule has 0 aromatic heterocycles. The maximum atomic E-state index is 11.2. The number of rotatable bonds is 1. The summed E-state index contributed by atoms with van der Waals surface area (Å²) >= 11 is 0. The molecule has 2 aromatic carbocycles. The van der Waals surface area contributed by atoms with E-state index in [0.29, 0.717) is 0 Å². The maximum Gasteiger partial charge on any atom is 0.220 e. The predicted octanol–water partition coefficient (Wildman–Crippen LogP) is 2.42. The predicted molar refractivity (Wildman–Crippen MR) is 59.8 cm³/mol. The molecule has 0 aliphatic carbocycles. The second kappa shape index (κ2) is 3.96. The molecular weight excluding hydrogens is 188 g/mol. The lowest BCUT2D eigenvalue weighted by Gasteiger charge is -1.96. The van der Waals surface area contributed by atoms with Crippen molar-refractivity contribution in [3.05, 3.63) is 64.8 Å². The molecule has 0 unspecified atom stereocenters. The van der Waals surface area contributed by atoms with Crippen LogP contribution in [0.5, 0.6) is 5.75 Å². The van der Waals surface area contributed by atoms with Gasteiger partial charge in [-0.3, -0.25) is 4.79 Å². The Labute approximate surface area is 87.5 Å². The lowest BCUT2D eigenvalue weighted by molar-refractivity contribution is 0.471. The fourth-order valence-electron chi connectivity index (χ4n) is 1.38. The zero-order valence-electron chi connectivity index (χ0n) is 8.05. The van der Waals surface area contributed by atoms with Gasteiger partial charge in [-0.2, -0.15) is 0 Å². The summed E-state index contributed by atoms with van der Waals surface area (Å²) in [6.45, 7) is 0. The van der Waals surface area contributed by atoms with E-state index in [1.54, 1.807) is 12.1 Å². The highest BCUT2D eigenvalue weighted by Crippen LogP contribution is 2.17. The van der Waals surface area contributed by atoms with Gasteiger partial charge in [0.15, 0.2) is 5.75 Å². The first kappa shape index (κ1) is 9.46. The van der Waals surface area contributed by atoms with Gasteiger partial charge in [-0.05, 0) is 23.3 Å². The summed E-state index contributed by atoms with van der Waals surface area (Å²) in [6, 6.07) is 15.9. The summed E-state index contributed by atoms with van der Waals surface area (Å²) in [4.78, 5) is 11.2. The normalized spacial score (nSPS) is 9.87. The van der Waals surface area contributed by atoms with Crippen molar-refractivity contribution in [2.45, 2.75) is 0 Å². The van der Waals surface area contributed by atoms with Crippen LogP contribution in [0.3, 0.4) is 0 Å². The van der Waals surface area contributed by atoms with Gasteiger partial charge in [0.1, 0.15) is 0 Å². The van der Waals surface area contributed by atoms with Crippen LogP contribution in [-0.2, 0) is 0 Å². The Balaban J connectivity index is 2.57. The third-order valence-electron chi connectivity index (χ3n) is 2.19. The molecule has 1 N–H and O–H groups in total. The molecule has 2 rings (SSSR count). The molecule has 0 spiro atoms. The van der Waals surface area contributed by atoms with Gasteiger partial charge in [0.2, 0.25) is 5.43 Å². The van der Waals surface area contributed by atoms with Gasteiger partial charge in [0, 0.05) is 0 Å². The molecule has 0 saturated heterocycles. The Bertz CT molecular complexity index is 518. The largest absolute Gasteiger partial charge is 0.504 e. The van der Waals surface area contributed by atoms with Crippen molar-refractivity contribution in [1.29, 1.82) is 0 Å². The Morgan fingerprint density at radius 1 is 0.733 bits per heavy atom. The third-order valence-corrected chi connectivity index (χ3v) is 2.19. The van der Waals surface area contributed by atoms with Crippen molar-refractivity contribution in [2.75, 3.05) is 0 Å². The van der Waals surface area contributed by atoms with Crippen LogP contribution in [0.25, 0.3) is 11.1 Å². The minimum Gasteiger partial charge on any atom is -0.504 e. The monoisotopic (exact) mass is 198 g/mol. The number of aromatic hydroxyl groups is 1. The fraction of sp³-hybridized carbons (Fsp3) is 0. The van der Waals surface area contributed by atoms with E-state index in [2.05, 4.69) is 0 Å². The SMILES string of the molecule is O=c1ccc(-c2ccccc2)ccc1O. The van der Waals surface area contributed by atoms with Gasteiger partial charge in [-0.1, -0.05) is 42.5 Å². The van der Waals surface area contributed by atoms with Crippen molar-refractivity contribution in [3.63, 3.8) is 0 Å². The smallest absolute Gasteiger partial charge is 0.220 e. The van der Waals surface area contributed by atoms with E-state index >= 15 is 0 Å². The fourth-order valence-corrected chi connectivity index (χ4v) is 1.38. The lowest BCUT2D eigenvalue weighted by atomic mass is 10.1. The summed E-state index contributed by atoms with van der Waals surface area (Å²) in [5.74, 6) is -0.225. The van der Waals surface area contributed by atoms with Gasteiger partial charge < -0.3 is 5.11 Å². The van der Waals surface area contributed by atoms with Gasteiger partial charge in [-0.15, -0.1) is 0 Å². The lowest BCUT2D eigenvalue weighted by Crippen LogP contribution is -1.91. The van der Waals surface area contributed by atoms with Crippen molar-refractivity contribution in [3.8, 4) is 16.9 Å². The molecule has 0 amide bonds. The van der Waals surface area contributed by atoms with E-state index in [-0.39, 0.29) is 11.2 Å². The first-order valence-corrected chi connectivity index (χ1v) is 4.66. The molecule has 0 atom stereocenters. The minimum atomic E-state index is -0.364. The maximum absolute atomic E-state index is 11.2. The Morgan fingerprint density at radius 3 is 2.07 bits per heavy atom. The molecule has 15 heavy (non-hydrogen) atoms. The van der Waals surface area contributed by atoms with Crippen LogP contribution in [0.1, 0.15) is 0 Å². The molecule has 0 aliphatic rings. The molecule has 2 heteroatoms. The van der Waals surface area contributed by atoms with Gasteiger partial charge in [0.05, 0.1) is 0 Å². The second-order valence-electron chi connectivity index (χ2n) is 3.24. The Hall–Kier alpha value is -2.09. The summed E-state index contributed by atoms with van der Waals surface area (Å²) in [6.07, 6.45) is 0. The highest BCUT2D eigenvalue weighted by atomic mass is 16.3. The summed E-state index contributed by atoms with van der Waals surface area (Å²) < 4.78 is 0. The zero-order valence-corrected chi connectivity index (χ0v) is 8.05. The molecule has 0 heterocycles. The molecule has 0 aliphatic heterocycles. The standard InChI is InChI=1S/C13H10O2/c14-12-8-6-11(7-9-13(12)15)10-4-2-1-3-5-10/h1-9H,(H,14,15). The van der Waals surface area contributed by atoms with E-state index < -0.39 is 0 Å². The molecule has 2 nitrogen and oxygen atoms in total. The van der Waals surface area contributed by atoms with Crippen LogP contribution in [0.4, 0.5) is 0 Å². The Morgan fingerprint density at radius 2 is 1.33 bits per heavy atom. The van der Waals surface area contributed by atoms with E-state index in [0.717, 1.165) is 11.1 Å². The average Bonchev–Trinajstić information content (AvgIpc) is 2.44. The van der Waals surface area contributed by atoms with Gasteiger partial charge in [-0.25, -0.2) is 0 Å². The molecule has 0 fully saturated rings. The summed E-state index contributed by atoms with van der Waals surface area (Å²) in [5, 5.41) is 9.24. The number of benzene rings is 1. The number of hydrogen-bond acceptors (Lipinski definition) is 2. The van der Waals surface area contributed by atoms with Crippen LogP contribution < -0.4 is 5.43 Å². The second-order valence-corrected chi connectivity index (χ2v) is 3.24. The number of hydrogen-bond donors (Lipinski definition) is 1. The quantitative estimate of drug-likeness (QED) is 0.764. The van der Waals surface area contributed by atoms with Crippen LogP contribution >= 0.6 is 0 Å². The van der Waals surface area contributed by atoms with Gasteiger partial charge >= 0.3 is 0 Å². The first-order valence-electron chi connectivity index (χ1n) is 4.66. The Kier molecular flexibility index (Phi) is 2.50. The van der Waals surface area contributed by atoms with Crippen LogP contribution in [-0.4, -0.2) is 5.11 Å². The highest BCUT2D eigenvalue weighted by Gasteiger charge is 1.96. The first-order chi connectivity index (χ1) is 7.27.